The van der Waals surface area contributed by atoms with Crippen LogP contribution in [0.5, 0.6) is 0 Å². The molecule has 0 aliphatic carbocycles. The number of anilines is 1. The molecule has 23 heavy (non-hydrogen) atoms. The highest BCUT2D eigenvalue weighted by molar-refractivity contribution is 5.29. The van der Waals surface area contributed by atoms with Gasteiger partial charge in [0, 0.05) is 26.2 Å². The summed E-state index contributed by atoms with van der Waals surface area (Å²) in [5, 5.41) is 11.2. The molecule has 0 radical (unpaired) electrons. The van der Waals surface area contributed by atoms with Gasteiger partial charge in [-0.2, -0.15) is 0 Å². The lowest BCUT2D eigenvalue weighted by Crippen LogP contribution is -2.39. The molecule has 2 aromatic rings. The number of hydrogen-bond acceptors (Lipinski definition) is 5. The number of nitrogens with one attached hydrogen (secondary N) is 1. The summed E-state index contributed by atoms with van der Waals surface area (Å²) in [5.41, 5.74) is 0.633. The number of hydrogen-bond donors (Lipinski definition) is 1. The van der Waals surface area contributed by atoms with Crippen molar-refractivity contribution in [3.8, 4) is 0 Å². The zero-order valence-electron chi connectivity index (χ0n) is 12.7. The van der Waals surface area contributed by atoms with Gasteiger partial charge in [0.05, 0.1) is 26.0 Å². The summed E-state index contributed by atoms with van der Waals surface area (Å²) in [4.78, 5) is 2.32. The Bertz CT molecular complexity index is 643. The van der Waals surface area contributed by atoms with Crippen LogP contribution >= 0.6 is 0 Å². The van der Waals surface area contributed by atoms with Crippen LogP contribution in [0.25, 0.3) is 0 Å². The number of aromatic nitrogens is 3. The van der Waals surface area contributed by atoms with Crippen LogP contribution in [0.1, 0.15) is 5.56 Å². The number of nitrogens with zero attached hydrogens (tertiary/aromatic N) is 4. The summed E-state index contributed by atoms with van der Waals surface area (Å²) >= 11 is 0. The smallest absolute Gasteiger partial charge is 0.168 e. The molecule has 2 heterocycles. The van der Waals surface area contributed by atoms with Crippen molar-refractivity contribution in [1.82, 2.24) is 19.9 Å². The third kappa shape index (κ3) is 4.46. The normalized spacial score (nSPS) is 15.7. The average molecular weight is 323 g/mol. The second kappa shape index (κ2) is 7.47. The first-order valence-electron chi connectivity index (χ1n) is 7.59. The summed E-state index contributed by atoms with van der Waals surface area (Å²) in [6.45, 7) is 5.49. The van der Waals surface area contributed by atoms with E-state index >= 15 is 0 Å². The van der Waals surface area contributed by atoms with E-state index in [9.17, 15) is 8.78 Å². The standard InChI is InChI=1S/C15H19F2N5O/c16-13-2-1-12(9-14(13)17)10-22-11-15(19-20-22)18-3-4-21-5-7-23-8-6-21/h1-2,9,11,18H,3-8,10H2. The maximum absolute atomic E-state index is 13.2. The number of benzene rings is 1. The van der Waals surface area contributed by atoms with Gasteiger partial charge in [0.1, 0.15) is 0 Å². The molecular formula is C15H19F2N5O. The maximum atomic E-state index is 13.2. The Labute approximate surface area is 133 Å². The summed E-state index contributed by atoms with van der Waals surface area (Å²) in [6.07, 6.45) is 1.75. The largest absolute Gasteiger partial charge is 0.379 e. The lowest BCUT2D eigenvalue weighted by molar-refractivity contribution is 0.0398. The van der Waals surface area contributed by atoms with Gasteiger partial charge in [-0.1, -0.05) is 11.3 Å². The summed E-state index contributed by atoms with van der Waals surface area (Å²) in [5.74, 6) is -1.04. The van der Waals surface area contributed by atoms with Gasteiger partial charge >= 0.3 is 0 Å². The van der Waals surface area contributed by atoms with E-state index in [0.29, 0.717) is 17.9 Å². The average Bonchev–Trinajstić information content (AvgIpc) is 2.99. The van der Waals surface area contributed by atoms with Crippen molar-refractivity contribution >= 4 is 5.82 Å². The van der Waals surface area contributed by atoms with Crippen LogP contribution < -0.4 is 5.32 Å². The highest BCUT2D eigenvalue weighted by Gasteiger charge is 2.10. The molecule has 0 amide bonds. The quantitative estimate of drug-likeness (QED) is 0.870. The van der Waals surface area contributed by atoms with Crippen molar-refractivity contribution in [3.05, 3.63) is 41.6 Å². The highest BCUT2D eigenvalue weighted by Crippen LogP contribution is 2.10. The number of ether oxygens (including phenoxy) is 1. The minimum atomic E-state index is -0.855. The van der Waals surface area contributed by atoms with Crippen LogP contribution in [0.3, 0.4) is 0 Å². The van der Waals surface area contributed by atoms with Gasteiger partial charge < -0.3 is 10.1 Å². The second-order valence-electron chi connectivity index (χ2n) is 5.43. The van der Waals surface area contributed by atoms with Gasteiger partial charge in [-0.05, 0) is 17.7 Å². The van der Waals surface area contributed by atoms with Crippen LogP contribution in [0.4, 0.5) is 14.6 Å². The minimum absolute atomic E-state index is 0.343. The molecule has 0 spiro atoms. The van der Waals surface area contributed by atoms with Crippen molar-refractivity contribution in [3.63, 3.8) is 0 Å². The van der Waals surface area contributed by atoms with Gasteiger partial charge in [-0.25, -0.2) is 13.5 Å². The van der Waals surface area contributed by atoms with Crippen LogP contribution in [0, 0.1) is 11.6 Å². The Morgan fingerprint density at radius 1 is 1.17 bits per heavy atom. The van der Waals surface area contributed by atoms with Gasteiger partial charge in [0.15, 0.2) is 17.5 Å². The molecule has 1 saturated heterocycles. The van der Waals surface area contributed by atoms with Crippen LogP contribution in [0.15, 0.2) is 24.4 Å². The Balaban J connectivity index is 1.48. The Morgan fingerprint density at radius 3 is 2.78 bits per heavy atom. The van der Waals surface area contributed by atoms with Crippen molar-refractivity contribution in [2.75, 3.05) is 44.7 Å². The molecule has 1 aromatic carbocycles. The molecule has 1 aliphatic heterocycles. The topological polar surface area (TPSA) is 55.2 Å². The van der Waals surface area contributed by atoms with Crippen molar-refractivity contribution in [2.45, 2.75) is 6.54 Å². The summed E-state index contributed by atoms with van der Waals surface area (Å²) in [6, 6.07) is 3.82. The van der Waals surface area contributed by atoms with Crippen molar-refractivity contribution in [2.24, 2.45) is 0 Å². The molecule has 1 N–H and O–H groups in total. The fourth-order valence-electron chi connectivity index (χ4n) is 2.45. The molecule has 0 bridgehead atoms. The first-order chi connectivity index (χ1) is 11.2. The summed E-state index contributed by atoms with van der Waals surface area (Å²) in [7, 11) is 0. The molecule has 1 aliphatic rings. The Morgan fingerprint density at radius 2 is 2.00 bits per heavy atom. The van der Waals surface area contributed by atoms with Gasteiger partial charge in [-0.15, -0.1) is 5.10 Å². The highest BCUT2D eigenvalue weighted by atomic mass is 19.2. The first kappa shape index (κ1) is 15.8. The monoisotopic (exact) mass is 323 g/mol. The Kier molecular flexibility index (Phi) is 5.14. The SMILES string of the molecule is Fc1ccc(Cn2cc(NCCN3CCOCC3)nn2)cc1F. The zero-order valence-corrected chi connectivity index (χ0v) is 12.7. The van der Waals surface area contributed by atoms with E-state index in [1.165, 1.54) is 12.1 Å². The predicted octanol–water partition coefficient (Wildman–Crippen LogP) is 1.35. The zero-order chi connectivity index (χ0) is 16.1. The molecule has 3 rings (SSSR count). The first-order valence-corrected chi connectivity index (χ1v) is 7.59. The van der Waals surface area contributed by atoms with E-state index in [4.69, 9.17) is 4.74 Å². The summed E-state index contributed by atoms with van der Waals surface area (Å²) < 4.78 is 33.0. The number of morpholine rings is 1. The number of rotatable bonds is 6. The van der Waals surface area contributed by atoms with E-state index in [0.717, 1.165) is 45.5 Å². The molecule has 1 aromatic heterocycles. The van der Waals surface area contributed by atoms with Gasteiger partial charge in [0.2, 0.25) is 0 Å². The third-order valence-corrected chi connectivity index (χ3v) is 3.71. The van der Waals surface area contributed by atoms with Gasteiger partial charge in [-0.3, -0.25) is 4.90 Å². The minimum Gasteiger partial charge on any atom is -0.379 e. The van der Waals surface area contributed by atoms with Gasteiger partial charge in [0.25, 0.3) is 0 Å². The molecule has 0 atom stereocenters. The molecule has 1 fully saturated rings. The lowest BCUT2D eigenvalue weighted by Gasteiger charge is -2.26. The maximum Gasteiger partial charge on any atom is 0.168 e. The van der Waals surface area contributed by atoms with E-state index in [1.54, 1.807) is 10.9 Å². The van der Waals surface area contributed by atoms with E-state index in [1.807, 2.05) is 0 Å². The third-order valence-electron chi connectivity index (χ3n) is 3.71. The fourth-order valence-corrected chi connectivity index (χ4v) is 2.45. The predicted molar refractivity (Wildman–Crippen MR) is 81.2 cm³/mol. The molecule has 6 nitrogen and oxygen atoms in total. The molecular weight excluding hydrogens is 304 g/mol. The van der Waals surface area contributed by atoms with Crippen LogP contribution in [0.2, 0.25) is 0 Å². The van der Waals surface area contributed by atoms with Crippen LogP contribution in [-0.4, -0.2) is 59.3 Å². The van der Waals surface area contributed by atoms with Crippen molar-refractivity contribution < 1.29 is 13.5 Å². The number of halogens is 2. The van der Waals surface area contributed by atoms with E-state index < -0.39 is 11.6 Å². The molecule has 0 unspecified atom stereocenters. The van der Waals surface area contributed by atoms with Crippen LogP contribution in [-0.2, 0) is 11.3 Å². The van der Waals surface area contributed by atoms with E-state index in [-0.39, 0.29) is 0 Å². The molecule has 124 valence electrons. The molecule has 8 heteroatoms. The Hall–Kier alpha value is -2.06. The second-order valence-corrected chi connectivity index (χ2v) is 5.43. The fraction of sp³-hybridized carbons (Fsp3) is 0.467. The van der Waals surface area contributed by atoms with E-state index in [2.05, 4.69) is 20.5 Å². The molecule has 0 saturated carbocycles. The lowest BCUT2D eigenvalue weighted by atomic mass is 10.2. The van der Waals surface area contributed by atoms with Crippen molar-refractivity contribution in [1.29, 1.82) is 0 Å².